The normalized spacial score (nSPS) is 25.4. The Bertz CT molecular complexity index is 813. The van der Waals surface area contributed by atoms with Gasteiger partial charge >= 0.3 is 6.03 Å². The van der Waals surface area contributed by atoms with Crippen LogP contribution in [0.3, 0.4) is 0 Å². The number of rotatable bonds is 1. The van der Waals surface area contributed by atoms with Crippen LogP contribution < -0.4 is 15.0 Å². The molecule has 2 amide bonds. The molecule has 0 aliphatic carbocycles. The van der Waals surface area contributed by atoms with Crippen molar-refractivity contribution in [2.45, 2.75) is 25.1 Å². The number of carbonyl (C=O) groups is 1. The zero-order chi connectivity index (χ0) is 16.2. The number of hydrogen-bond acceptors (Lipinski definition) is 2. The molecule has 2 aromatic rings. The van der Waals surface area contributed by atoms with E-state index in [0.29, 0.717) is 12.1 Å². The van der Waals surface area contributed by atoms with Crippen LogP contribution in [0.4, 0.5) is 14.9 Å². The predicted molar refractivity (Wildman–Crippen MR) is 87.9 cm³/mol. The maximum Gasteiger partial charge on any atom is 0.325 e. The summed E-state index contributed by atoms with van der Waals surface area (Å²) in [7, 11) is 0. The Hall–Kier alpha value is -2.08. The van der Waals surface area contributed by atoms with Gasteiger partial charge in [0.05, 0.1) is 11.7 Å². The molecule has 2 aliphatic rings. The average Bonchev–Trinajstić information content (AvgIpc) is 2.47. The number of benzene rings is 2. The van der Waals surface area contributed by atoms with Crippen molar-refractivity contribution in [3.8, 4) is 5.75 Å². The van der Waals surface area contributed by atoms with Gasteiger partial charge in [0.2, 0.25) is 0 Å². The van der Waals surface area contributed by atoms with Crippen LogP contribution >= 0.6 is 15.9 Å². The van der Waals surface area contributed by atoms with Crippen LogP contribution in [0.5, 0.6) is 5.75 Å². The summed E-state index contributed by atoms with van der Waals surface area (Å²) >= 11 is 3.44. The zero-order valence-corrected chi connectivity index (χ0v) is 13.9. The smallest absolute Gasteiger partial charge is 0.325 e. The Labute approximate surface area is 141 Å². The van der Waals surface area contributed by atoms with Gasteiger partial charge in [0.1, 0.15) is 11.6 Å². The molecule has 0 saturated carbocycles. The van der Waals surface area contributed by atoms with Gasteiger partial charge in [-0.3, -0.25) is 4.90 Å². The minimum absolute atomic E-state index is 0.126. The van der Waals surface area contributed by atoms with Crippen LogP contribution in [-0.2, 0) is 0 Å². The summed E-state index contributed by atoms with van der Waals surface area (Å²) in [5.41, 5.74) is 0.565. The largest absolute Gasteiger partial charge is 0.467 e. The van der Waals surface area contributed by atoms with E-state index in [1.807, 2.05) is 25.1 Å². The maximum absolute atomic E-state index is 13.6. The minimum atomic E-state index is -0.860. The van der Waals surface area contributed by atoms with E-state index in [9.17, 15) is 9.18 Å². The Balaban J connectivity index is 1.81. The van der Waals surface area contributed by atoms with Crippen LogP contribution in [0.1, 0.15) is 24.9 Å². The molecule has 118 valence electrons. The zero-order valence-electron chi connectivity index (χ0n) is 12.3. The third-order valence-corrected chi connectivity index (χ3v) is 4.79. The molecule has 1 fully saturated rings. The molecule has 2 bridgehead atoms. The SMILES string of the molecule is C[C@]12C[C@@H](NC(=O)N1c1cccc(F)c1)c1cc(Br)ccc1O2. The van der Waals surface area contributed by atoms with Crippen molar-refractivity contribution in [2.75, 3.05) is 4.90 Å². The third-order valence-electron chi connectivity index (χ3n) is 4.30. The van der Waals surface area contributed by atoms with Crippen molar-refractivity contribution < 1.29 is 13.9 Å². The summed E-state index contributed by atoms with van der Waals surface area (Å²) in [5, 5.41) is 2.99. The summed E-state index contributed by atoms with van der Waals surface area (Å²) in [5.74, 6) is 0.342. The highest BCUT2D eigenvalue weighted by Crippen LogP contribution is 2.46. The van der Waals surface area contributed by atoms with E-state index in [1.165, 1.54) is 17.0 Å². The van der Waals surface area contributed by atoms with Gasteiger partial charge in [-0.15, -0.1) is 0 Å². The number of carbonyl (C=O) groups excluding carboxylic acids is 1. The van der Waals surface area contributed by atoms with Crippen LogP contribution in [0.2, 0.25) is 0 Å². The second-order valence-corrected chi connectivity index (χ2v) is 6.90. The number of ether oxygens (including phenoxy) is 1. The number of halogens is 2. The summed E-state index contributed by atoms with van der Waals surface area (Å²) in [6.07, 6.45) is 0.582. The fourth-order valence-electron chi connectivity index (χ4n) is 3.35. The van der Waals surface area contributed by atoms with E-state index in [0.717, 1.165) is 15.8 Å². The predicted octanol–water partition coefficient (Wildman–Crippen LogP) is 4.36. The first-order chi connectivity index (χ1) is 11.0. The highest BCUT2D eigenvalue weighted by molar-refractivity contribution is 9.10. The lowest BCUT2D eigenvalue weighted by molar-refractivity contribution is 0.0378. The second kappa shape index (κ2) is 4.96. The maximum atomic E-state index is 13.6. The van der Waals surface area contributed by atoms with E-state index >= 15 is 0 Å². The average molecular weight is 377 g/mol. The lowest BCUT2D eigenvalue weighted by Gasteiger charge is -2.50. The molecule has 4 rings (SSSR count). The molecule has 6 heteroatoms. The molecule has 0 radical (unpaired) electrons. The summed E-state index contributed by atoms with van der Waals surface area (Å²) in [4.78, 5) is 14.1. The molecule has 2 aliphatic heterocycles. The van der Waals surface area contributed by atoms with E-state index in [1.54, 1.807) is 12.1 Å². The highest BCUT2D eigenvalue weighted by Gasteiger charge is 2.49. The van der Waals surface area contributed by atoms with Crippen LogP contribution in [0, 0.1) is 5.82 Å². The number of anilines is 1. The van der Waals surface area contributed by atoms with Gasteiger partial charge in [0.15, 0.2) is 5.72 Å². The Kier molecular flexibility index (Phi) is 3.13. The van der Waals surface area contributed by atoms with Crippen LogP contribution in [-0.4, -0.2) is 11.8 Å². The van der Waals surface area contributed by atoms with Crippen molar-refractivity contribution in [1.82, 2.24) is 5.32 Å². The standard InChI is InChI=1S/C17H14BrFN2O2/c1-17-9-14(13-7-10(18)5-6-15(13)23-17)20-16(22)21(17)12-4-2-3-11(19)8-12/h2-8,14H,9H2,1H3,(H,20,22)/t14-,17+/m1/s1. The summed E-state index contributed by atoms with van der Waals surface area (Å²) < 4.78 is 20.7. The van der Waals surface area contributed by atoms with E-state index in [-0.39, 0.29) is 17.9 Å². The quantitative estimate of drug-likeness (QED) is 0.803. The fraction of sp³-hybridized carbons (Fsp3) is 0.235. The number of nitrogens with zero attached hydrogens (tertiary/aromatic N) is 1. The molecular weight excluding hydrogens is 363 g/mol. The topological polar surface area (TPSA) is 41.6 Å². The van der Waals surface area contributed by atoms with Crippen molar-refractivity contribution in [3.63, 3.8) is 0 Å². The van der Waals surface area contributed by atoms with Crippen LogP contribution in [0.25, 0.3) is 0 Å². The first-order valence-electron chi connectivity index (χ1n) is 7.31. The molecule has 2 atom stereocenters. The van der Waals surface area contributed by atoms with Gasteiger partial charge in [-0.1, -0.05) is 22.0 Å². The molecule has 23 heavy (non-hydrogen) atoms. The lowest BCUT2D eigenvalue weighted by atomic mass is 9.90. The van der Waals surface area contributed by atoms with Gasteiger partial charge in [0, 0.05) is 16.5 Å². The Morgan fingerprint density at radius 2 is 2.17 bits per heavy atom. The molecule has 0 aromatic heterocycles. The molecule has 1 N–H and O–H groups in total. The van der Waals surface area contributed by atoms with Crippen molar-refractivity contribution in [1.29, 1.82) is 0 Å². The number of urea groups is 1. The van der Waals surface area contributed by atoms with Gasteiger partial charge in [-0.25, -0.2) is 9.18 Å². The number of nitrogens with one attached hydrogen (secondary N) is 1. The molecular formula is C17H14BrFN2O2. The number of hydrogen-bond donors (Lipinski definition) is 1. The molecule has 1 saturated heterocycles. The van der Waals surface area contributed by atoms with Gasteiger partial charge in [-0.2, -0.15) is 0 Å². The van der Waals surface area contributed by atoms with Crippen molar-refractivity contribution >= 4 is 27.6 Å². The summed E-state index contributed by atoms with van der Waals surface area (Å²) in [6.45, 7) is 1.86. The van der Waals surface area contributed by atoms with E-state index in [2.05, 4.69) is 21.2 Å². The van der Waals surface area contributed by atoms with Gasteiger partial charge in [-0.05, 0) is 43.3 Å². The fourth-order valence-corrected chi connectivity index (χ4v) is 3.73. The first kappa shape index (κ1) is 14.5. The second-order valence-electron chi connectivity index (χ2n) is 5.98. The van der Waals surface area contributed by atoms with Gasteiger partial charge < -0.3 is 10.1 Å². The highest BCUT2D eigenvalue weighted by atomic mass is 79.9. The van der Waals surface area contributed by atoms with Crippen molar-refractivity contribution in [2.24, 2.45) is 0 Å². The number of amides is 2. The molecule has 0 unspecified atom stereocenters. The molecule has 2 heterocycles. The summed E-state index contributed by atoms with van der Waals surface area (Å²) in [6, 6.07) is 11.3. The number of fused-ring (bicyclic) bond motifs is 4. The van der Waals surface area contributed by atoms with Gasteiger partial charge in [0.25, 0.3) is 0 Å². The first-order valence-corrected chi connectivity index (χ1v) is 8.10. The van der Waals surface area contributed by atoms with Crippen molar-refractivity contribution in [3.05, 3.63) is 58.3 Å². The molecule has 0 spiro atoms. The minimum Gasteiger partial charge on any atom is -0.467 e. The Morgan fingerprint density at radius 1 is 1.35 bits per heavy atom. The molecule has 2 aromatic carbocycles. The van der Waals surface area contributed by atoms with Crippen LogP contribution in [0.15, 0.2) is 46.9 Å². The van der Waals surface area contributed by atoms with E-state index in [4.69, 9.17) is 4.74 Å². The Morgan fingerprint density at radius 3 is 2.96 bits per heavy atom. The lowest BCUT2D eigenvalue weighted by Crippen LogP contribution is -2.65. The monoisotopic (exact) mass is 376 g/mol. The third kappa shape index (κ3) is 2.28. The van der Waals surface area contributed by atoms with E-state index < -0.39 is 5.72 Å². The molecule has 4 nitrogen and oxygen atoms in total.